The Balaban J connectivity index is 1.68. The molecule has 0 aliphatic heterocycles. The van der Waals surface area contributed by atoms with E-state index in [0.29, 0.717) is 24.2 Å². The van der Waals surface area contributed by atoms with E-state index in [1.807, 2.05) is 0 Å². The molecular weight excluding hydrogens is 383 g/mol. The molecule has 1 fully saturated rings. The lowest BCUT2D eigenvalue weighted by molar-refractivity contribution is -0.313. The van der Waals surface area contributed by atoms with Gasteiger partial charge in [0.25, 0.3) is 0 Å². The molecule has 3 atom stereocenters. The van der Waals surface area contributed by atoms with E-state index in [-0.39, 0.29) is 20.8 Å². The highest BCUT2D eigenvalue weighted by molar-refractivity contribution is 6.43. The monoisotopic (exact) mass is 401 g/mol. The fraction of sp³-hybridized carbons (Fsp3) is 0.526. The van der Waals surface area contributed by atoms with E-state index in [2.05, 4.69) is 19.9 Å². The second-order valence-corrected chi connectivity index (χ2v) is 8.70. The van der Waals surface area contributed by atoms with Crippen LogP contribution in [0.4, 0.5) is 0 Å². The molecule has 1 saturated carbocycles. The quantitative estimate of drug-likeness (QED) is 0.501. The number of carboxylic acid groups (broad SMARTS) is 1. The Morgan fingerprint density at radius 2 is 1.96 bits per heavy atom. The molecule has 1 aromatic rings. The first-order chi connectivity index (χ1) is 11.7. The molecule has 3 aliphatic carbocycles. The smallest absolute Gasteiger partial charge is 0.140 e. The molecule has 4 rings (SSSR count). The zero-order valence-electron chi connectivity index (χ0n) is 14.2. The molecule has 0 spiro atoms. The topological polar surface area (TPSA) is 49.4 Å². The van der Waals surface area contributed by atoms with Crippen LogP contribution in [0.5, 0.6) is 5.75 Å². The molecule has 0 N–H and O–H groups in total. The molecule has 6 heteroatoms. The largest absolute Gasteiger partial charge is 0.546 e. The van der Waals surface area contributed by atoms with Crippen molar-refractivity contribution in [2.24, 2.45) is 17.3 Å². The fourth-order valence-electron chi connectivity index (χ4n) is 4.03. The Morgan fingerprint density at radius 1 is 1.28 bits per heavy atom. The molecule has 136 valence electrons. The first-order valence-electron chi connectivity index (χ1n) is 8.41. The van der Waals surface area contributed by atoms with E-state index in [4.69, 9.17) is 39.5 Å². The molecule has 3 nitrogen and oxygen atoms in total. The first kappa shape index (κ1) is 18.9. The minimum atomic E-state index is -1.26. The molecule has 0 radical (unpaired) electrons. The van der Waals surface area contributed by atoms with Crippen LogP contribution in [-0.2, 0) is 4.79 Å². The van der Waals surface area contributed by atoms with Crippen LogP contribution in [0.25, 0.3) is 0 Å². The minimum Gasteiger partial charge on any atom is -0.546 e. The summed E-state index contributed by atoms with van der Waals surface area (Å²) in [6.45, 7) is 4.59. The molecule has 0 saturated heterocycles. The molecule has 1 aromatic carbocycles. The van der Waals surface area contributed by atoms with Gasteiger partial charge in [-0.15, -0.1) is 0 Å². The van der Waals surface area contributed by atoms with Crippen LogP contribution in [0.1, 0.15) is 39.5 Å². The number of hydrogen-bond donors (Lipinski definition) is 0. The summed E-state index contributed by atoms with van der Waals surface area (Å²) in [5.74, 6) is 0.239. The molecule has 0 amide bonds. The summed E-state index contributed by atoms with van der Waals surface area (Å²) < 4.78 is 5.57. The number of allylic oxidation sites excluding steroid dienone is 2. The van der Waals surface area contributed by atoms with Crippen LogP contribution in [0.2, 0.25) is 15.1 Å². The van der Waals surface area contributed by atoms with Gasteiger partial charge >= 0.3 is 0 Å². The summed E-state index contributed by atoms with van der Waals surface area (Å²) >= 11 is 17.9. The Kier molecular flexibility index (Phi) is 5.30. The van der Waals surface area contributed by atoms with E-state index in [0.717, 1.165) is 12.3 Å². The van der Waals surface area contributed by atoms with Crippen LogP contribution < -0.4 is 9.84 Å². The summed E-state index contributed by atoms with van der Waals surface area (Å²) in [6, 6.07) is 2.87. The third-order valence-corrected chi connectivity index (χ3v) is 6.80. The number of hydrogen-bond acceptors (Lipinski definition) is 3. The lowest BCUT2D eigenvalue weighted by Gasteiger charge is -2.56. The van der Waals surface area contributed by atoms with Crippen molar-refractivity contribution in [3.05, 3.63) is 38.8 Å². The van der Waals surface area contributed by atoms with Gasteiger partial charge < -0.3 is 14.6 Å². The molecular formula is C19H20Cl3O3-. The highest BCUT2D eigenvalue weighted by Gasteiger charge is 2.50. The molecule has 3 aliphatic rings. The van der Waals surface area contributed by atoms with Gasteiger partial charge in [0.1, 0.15) is 11.9 Å². The summed E-state index contributed by atoms with van der Waals surface area (Å²) in [4.78, 5) is 11.5. The number of halogens is 3. The molecule has 0 aromatic heterocycles. The van der Waals surface area contributed by atoms with Gasteiger partial charge in [-0.05, 0) is 49.0 Å². The van der Waals surface area contributed by atoms with Gasteiger partial charge in [-0.25, -0.2) is 0 Å². The third kappa shape index (κ3) is 3.65. The predicted molar refractivity (Wildman–Crippen MR) is 98.2 cm³/mol. The molecule has 3 unspecified atom stereocenters. The lowest BCUT2D eigenvalue weighted by atomic mass is 9.48. The van der Waals surface area contributed by atoms with E-state index >= 15 is 0 Å². The van der Waals surface area contributed by atoms with Gasteiger partial charge in [-0.3, -0.25) is 0 Å². The number of rotatable bonds is 6. The minimum absolute atomic E-state index is 0.201. The van der Waals surface area contributed by atoms with Crippen molar-refractivity contribution in [3.63, 3.8) is 0 Å². The first-order valence-corrected chi connectivity index (χ1v) is 9.54. The van der Waals surface area contributed by atoms with Crippen molar-refractivity contribution >= 4 is 40.8 Å². The number of benzene rings is 1. The fourth-order valence-corrected chi connectivity index (χ4v) is 4.61. The van der Waals surface area contributed by atoms with Crippen LogP contribution in [0, 0.1) is 17.3 Å². The van der Waals surface area contributed by atoms with Gasteiger partial charge in [0.05, 0.1) is 21.0 Å². The van der Waals surface area contributed by atoms with Gasteiger partial charge in [-0.1, -0.05) is 60.3 Å². The Hall–Kier alpha value is -0.900. The Morgan fingerprint density at radius 3 is 2.56 bits per heavy atom. The van der Waals surface area contributed by atoms with Crippen molar-refractivity contribution < 1.29 is 14.6 Å². The normalized spacial score (nSPS) is 24.9. The maximum absolute atomic E-state index is 11.5. The van der Waals surface area contributed by atoms with Gasteiger partial charge in [0, 0.05) is 6.07 Å². The number of carbonyl (C=O) groups is 1. The highest BCUT2D eigenvalue weighted by Crippen LogP contribution is 2.59. The summed E-state index contributed by atoms with van der Waals surface area (Å²) in [6.07, 6.45) is 4.47. The Labute approximate surface area is 162 Å². The maximum Gasteiger partial charge on any atom is 0.140 e. The average molecular weight is 403 g/mol. The van der Waals surface area contributed by atoms with Gasteiger partial charge in [-0.2, -0.15) is 0 Å². The van der Waals surface area contributed by atoms with Crippen LogP contribution in [0.15, 0.2) is 23.8 Å². The second kappa shape index (κ2) is 7.02. The number of ether oxygens (including phenoxy) is 1. The van der Waals surface area contributed by atoms with E-state index < -0.39 is 12.1 Å². The van der Waals surface area contributed by atoms with Crippen molar-refractivity contribution in [1.29, 1.82) is 0 Å². The van der Waals surface area contributed by atoms with Gasteiger partial charge in [0.15, 0.2) is 0 Å². The Bertz CT molecular complexity index is 727. The van der Waals surface area contributed by atoms with Crippen LogP contribution in [-0.4, -0.2) is 12.1 Å². The van der Waals surface area contributed by atoms with Crippen LogP contribution in [0.3, 0.4) is 0 Å². The van der Waals surface area contributed by atoms with Gasteiger partial charge in [0.2, 0.25) is 0 Å². The summed E-state index contributed by atoms with van der Waals surface area (Å²) in [5, 5.41) is 12.3. The van der Waals surface area contributed by atoms with Crippen molar-refractivity contribution in [2.75, 3.05) is 0 Å². The molecule has 0 heterocycles. The number of fused-ring (bicyclic) bond motifs is 1. The third-order valence-electron chi connectivity index (χ3n) is 5.78. The SMILES string of the molecule is CC1(C)C2CC=C(CCC(Oc3cc(Cl)c(Cl)cc3Cl)C(=O)[O-])C1C2. The average Bonchev–Trinajstić information content (AvgIpc) is 2.55. The van der Waals surface area contributed by atoms with Crippen molar-refractivity contribution in [3.8, 4) is 5.75 Å². The lowest BCUT2D eigenvalue weighted by Crippen LogP contribution is -2.48. The maximum atomic E-state index is 11.5. The zero-order chi connectivity index (χ0) is 18.4. The zero-order valence-corrected chi connectivity index (χ0v) is 16.4. The number of carbonyl (C=O) groups excluding carboxylic acids is 1. The highest BCUT2D eigenvalue weighted by atomic mass is 35.5. The summed E-state index contributed by atoms with van der Waals surface area (Å²) in [5.41, 5.74) is 1.65. The van der Waals surface area contributed by atoms with E-state index in [1.54, 1.807) is 0 Å². The molecule has 2 bridgehead atoms. The van der Waals surface area contributed by atoms with Crippen LogP contribution >= 0.6 is 34.8 Å². The standard InChI is InChI=1S/C19H21Cl3O3/c1-19(2)11-5-3-10(12(19)7-11)4-6-16(18(23)24)25-17-9-14(21)13(20)8-15(17)22/h3,8-9,11-12,16H,4-7H2,1-2H3,(H,23,24)/p-1. The van der Waals surface area contributed by atoms with E-state index in [9.17, 15) is 9.90 Å². The van der Waals surface area contributed by atoms with Crippen molar-refractivity contribution in [2.45, 2.75) is 45.6 Å². The van der Waals surface area contributed by atoms with E-state index in [1.165, 1.54) is 24.1 Å². The second-order valence-electron chi connectivity index (χ2n) is 7.48. The predicted octanol–water partition coefficient (Wildman–Crippen LogP) is 4.92. The number of aliphatic carboxylic acids is 1. The summed E-state index contributed by atoms with van der Waals surface area (Å²) in [7, 11) is 0. The number of carboxylic acids is 1. The molecule has 25 heavy (non-hydrogen) atoms. The van der Waals surface area contributed by atoms with Crippen molar-refractivity contribution in [1.82, 2.24) is 0 Å².